The Labute approximate surface area is 141 Å². The van der Waals surface area contributed by atoms with Crippen LogP contribution in [0.2, 0.25) is 0 Å². The van der Waals surface area contributed by atoms with Gasteiger partial charge in [0.25, 0.3) is 0 Å². The second-order valence-electron chi connectivity index (χ2n) is 5.58. The first-order chi connectivity index (χ1) is 11.3. The fourth-order valence-corrected chi connectivity index (χ4v) is 3.52. The van der Waals surface area contributed by atoms with Gasteiger partial charge in [0.15, 0.2) is 0 Å². The number of hydrogen-bond acceptors (Lipinski definition) is 3. The van der Waals surface area contributed by atoms with Gasteiger partial charge >= 0.3 is 0 Å². The maximum absolute atomic E-state index is 12.2. The second-order valence-corrected chi connectivity index (χ2v) is 6.69. The lowest BCUT2D eigenvalue weighted by Crippen LogP contribution is -2.33. The number of rotatable bonds is 6. The van der Waals surface area contributed by atoms with Crippen molar-refractivity contribution in [2.24, 2.45) is 0 Å². The zero-order valence-corrected chi connectivity index (χ0v) is 13.9. The van der Waals surface area contributed by atoms with Crippen LogP contribution in [-0.2, 0) is 11.2 Å². The molecule has 0 bridgehead atoms. The summed E-state index contributed by atoms with van der Waals surface area (Å²) < 4.78 is 5.63. The van der Waals surface area contributed by atoms with E-state index in [0.717, 1.165) is 29.9 Å². The Hall–Kier alpha value is -1.94. The Morgan fingerprint density at radius 1 is 1.13 bits per heavy atom. The molecule has 0 fully saturated rings. The molecule has 1 atom stereocenters. The van der Waals surface area contributed by atoms with Gasteiger partial charge in [0.2, 0.25) is 5.91 Å². The highest BCUT2D eigenvalue weighted by Gasteiger charge is 2.22. The van der Waals surface area contributed by atoms with E-state index in [1.54, 1.807) is 11.8 Å². The van der Waals surface area contributed by atoms with Crippen LogP contribution in [0.4, 0.5) is 0 Å². The number of ether oxygens (including phenoxy) is 1. The molecule has 1 amide bonds. The molecule has 0 saturated heterocycles. The molecule has 23 heavy (non-hydrogen) atoms. The van der Waals surface area contributed by atoms with E-state index in [-0.39, 0.29) is 11.9 Å². The summed E-state index contributed by atoms with van der Waals surface area (Å²) in [5.41, 5.74) is 2.40. The Bertz CT molecular complexity index is 645. The lowest BCUT2D eigenvalue weighted by atomic mass is 10.0. The fourth-order valence-electron chi connectivity index (χ4n) is 2.73. The number of carbonyl (C=O) groups is 1. The summed E-state index contributed by atoms with van der Waals surface area (Å²) in [5.74, 6) is 2.46. The van der Waals surface area contributed by atoms with Gasteiger partial charge in [0.1, 0.15) is 5.75 Å². The molecule has 1 N–H and O–H groups in total. The first kappa shape index (κ1) is 15.9. The topological polar surface area (TPSA) is 38.3 Å². The zero-order valence-electron chi connectivity index (χ0n) is 13.0. The molecule has 2 aromatic rings. The van der Waals surface area contributed by atoms with Crippen LogP contribution in [0.25, 0.3) is 0 Å². The third-order valence-electron chi connectivity index (χ3n) is 3.90. The van der Waals surface area contributed by atoms with Gasteiger partial charge in [-0.15, -0.1) is 0 Å². The van der Waals surface area contributed by atoms with Crippen molar-refractivity contribution in [3.8, 4) is 5.75 Å². The van der Waals surface area contributed by atoms with Gasteiger partial charge in [-0.25, -0.2) is 0 Å². The van der Waals surface area contributed by atoms with E-state index >= 15 is 0 Å². The van der Waals surface area contributed by atoms with Crippen molar-refractivity contribution in [2.75, 3.05) is 18.1 Å². The van der Waals surface area contributed by atoms with Crippen LogP contribution in [0.5, 0.6) is 5.75 Å². The molecule has 3 nitrogen and oxygen atoms in total. The highest BCUT2D eigenvalue weighted by Crippen LogP contribution is 2.31. The summed E-state index contributed by atoms with van der Waals surface area (Å²) in [6.07, 6.45) is 1.83. The molecule has 2 aromatic carbocycles. The smallest absolute Gasteiger partial charge is 0.230 e. The molecule has 1 aliphatic rings. The maximum Gasteiger partial charge on any atom is 0.230 e. The molecule has 0 aromatic heterocycles. The number of amides is 1. The summed E-state index contributed by atoms with van der Waals surface area (Å²) >= 11 is 1.68. The zero-order chi connectivity index (χ0) is 15.9. The van der Waals surface area contributed by atoms with Gasteiger partial charge in [-0.2, -0.15) is 11.8 Å². The summed E-state index contributed by atoms with van der Waals surface area (Å²) in [6, 6.07) is 18.4. The Morgan fingerprint density at radius 3 is 2.78 bits per heavy atom. The molecule has 3 rings (SSSR count). The van der Waals surface area contributed by atoms with Gasteiger partial charge in [-0.05, 0) is 23.8 Å². The number of aryl methyl sites for hydroxylation is 1. The molecule has 1 heterocycles. The van der Waals surface area contributed by atoms with Gasteiger partial charge in [0, 0.05) is 12.0 Å². The molecular formula is C19H21NO2S. The van der Waals surface area contributed by atoms with Gasteiger partial charge in [-0.3, -0.25) is 4.79 Å². The quantitative estimate of drug-likeness (QED) is 0.824. The molecule has 0 aliphatic carbocycles. The van der Waals surface area contributed by atoms with Crippen molar-refractivity contribution in [2.45, 2.75) is 18.9 Å². The normalized spacial score (nSPS) is 16.3. The number of benzene rings is 2. The van der Waals surface area contributed by atoms with Gasteiger partial charge in [-0.1, -0.05) is 48.5 Å². The summed E-state index contributed by atoms with van der Waals surface area (Å²) in [7, 11) is 0. The summed E-state index contributed by atoms with van der Waals surface area (Å²) in [5, 5.41) is 3.13. The summed E-state index contributed by atoms with van der Waals surface area (Å²) in [4.78, 5) is 12.2. The van der Waals surface area contributed by atoms with Gasteiger partial charge < -0.3 is 10.1 Å². The van der Waals surface area contributed by atoms with Gasteiger partial charge in [0.05, 0.1) is 18.4 Å². The average molecular weight is 327 g/mol. The fraction of sp³-hybridized carbons (Fsp3) is 0.316. The van der Waals surface area contributed by atoms with Crippen LogP contribution < -0.4 is 10.1 Å². The summed E-state index contributed by atoms with van der Waals surface area (Å²) in [6.45, 7) is 0.656. The molecule has 0 spiro atoms. The van der Waals surface area contributed by atoms with E-state index < -0.39 is 0 Å². The van der Waals surface area contributed by atoms with E-state index in [2.05, 4.69) is 29.6 Å². The maximum atomic E-state index is 12.2. The predicted molar refractivity (Wildman–Crippen MR) is 94.9 cm³/mol. The monoisotopic (exact) mass is 327 g/mol. The second kappa shape index (κ2) is 8.06. The van der Waals surface area contributed by atoms with Crippen molar-refractivity contribution >= 4 is 17.7 Å². The van der Waals surface area contributed by atoms with Crippen LogP contribution in [0, 0.1) is 0 Å². The number of carbonyl (C=O) groups excluding carboxylic acids is 1. The predicted octanol–water partition coefficient (Wildman–Crippen LogP) is 3.60. The molecule has 1 aliphatic heterocycles. The van der Waals surface area contributed by atoms with Crippen molar-refractivity contribution < 1.29 is 9.53 Å². The SMILES string of the molecule is O=C(CSCCc1ccccc1)N[C@@H]1CCOc2ccccc21. The first-order valence-electron chi connectivity index (χ1n) is 7.96. The first-order valence-corrected chi connectivity index (χ1v) is 9.11. The lowest BCUT2D eigenvalue weighted by molar-refractivity contribution is -0.119. The molecular weight excluding hydrogens is 306 g/mol. The number of nitrogens with one attached hydrogen (secondary N) is 1. The van der Waals surface area contributed by atoms with E-state index in [4.69, 9.17) is 4.74 Å². The highest BCUT2D eigenvalue weighted by molar-refractivity contribution is 7.99. The Morgan fingerprint density at radius 2 is 1.91 bits per heavy atom. The standard InChI is InChI=1S/C19H21NO2S/c21-19(14-23-13-11-15-6-2-1-3-7-15)20-17-10-12-22-18-9-5-4-8-16(17)18/h1-9,17H,10-14H2,(H,20,21)/t17-/m1/s1. The van der Waals surface area contributed by atoms with Crippen LogP contribution in [0.15, 0.2) is 54.6 Å². The molecule has 120 valence electrons. The Kier molecular flexibility index (Phi) is 5.59. The minimum atomic E-state index is 0.0715. The molecule has 0 saturated carbocycles. The van der Waals surface area contributed by atoms with E-state index in [9.17, 15) is 4.79 Å². The number of fused-ring (bicyclic) bond motifs is 1. The van der Waals surface area contributed by atoms with E-state index in [0.29, 0.717) is 12.4 Å². The molecule has 0 radical (unpaired) electrons. The lowest BCUT2D eigenvalue weighted by Gasteiger charge is -2.26. The minimum absolute atomic E-state index is 0.0715. The average Bonchev–Trinajstić information content (AvgIpc) is 2.60. The van der Waals surface area contributed by atoms with Crippen LogP contribution in [0.1, 0.15) is 23.6 Å². The minimum Gasteiger partial charge on any atom is -0.493 e. The van der Waals surface area contributed by atoms with Crippen LogP contribution >= 0.6 is 11.8 Å². The van der Waals surface area contributed by atoms with Crippen LogP contribution in [0.3, 0.4) is 0 Å². The third-order valence-corrected chi connectivity index (χ3v) is 4.86. The molecule has 0 unspecified atom stereocenters. The van der Waals surface area contributed by atoms with Crippen molar-refractivity contribution in [3.05, 3.63) is 65.7 Å². The largest absolute Gasteiger partial charge is 0.493 e. The van der Waals surface area contributed by atoms with E-state index in [1.165, 1.54) is 5.56 Å². The van der Waals surface area contributed by atoms with Crippen molar-refractivity contribution in [1.29, 1.82) is 0 Å². The molecule has 4 heteroatoms. The van der Waals surface area contributed by atoms with Crippen molar-refractivity contribution in [3.63, 3.8) is 0 Å². The number of para-hydroxylation sites is 1. The third kappa shape index (κ3) is 4.52. The van der Waals surface area contributed by atoms with E-state index in [1.807, 2.05) is 30.3 Å². The highest BCUT2D eigenvalue weighted by atomic mass is 32.2. The number of thioether (sulfide) groups is 1. The number of hydrogen-bond donors (Lipinski definition) is 1. The Balaban J connectivity index is 1.43. The van der Waals surface area contributed by atoms with Crippen molar-refractivity contribution in [1.82, 2.24) is 5.32 Å². The van der Waals surface area contributed by atoms with Crippen LogP contribution in [-0.4, -0.2) is 24.0 Å².